The molecule has 0 aliphatic carbocycles. The van der Waals surface area contributed by atoms with E-state index in [0.717, 1.165) is 92.9 Å². The Morgan fingerprint density at radius 2 is 1.58 bits per heavy atom. The second-order valence-electron chi connectivity index (χ2n) is 18.2. The van der Waals surface area contributed by atoms with Gasteiger partial charge in [-0.2, -0.15) is 18.0 Å². The molecule has 0 spiro atoms. The van der Waals surface area contributed by atoms with Crippen LogP contribution in [0.25, 0.3) is 16.6 Å². The summed E-state index contributed by atoms with van der Waals surface area (Å²) in [4.78, 5) is 64.6. The summed E-state index contributed by atoms with van der Waals surface area (Å²) in [5.41, 5.74) is 3.73. The Morgan fingerprint density at radius 1 is 0.841 bits per heavy atom. The number of alkyl halides is 1. The number of carbonyl (C=O) groups is 3. The van der Waals surface area contributed by atoms with Gasteiger partial charge in [0.1, 0.15) is 35.9 Å². The van der Waals surface area contributed by atoms with Gasteiger partial charge in [-0.25, -0.2) is 13.8 Å². The van der Waals surface area contributed by atoms with Gasteiger partial charge >= 0.3 is 10.2 Å². The maximum atomic E-state index is 15.2. The number of carbonyl (C=O) groups excluding carboxylic acids is 3. The largest absolute Gasteiger partial charge is 0.453 e. The molecule has 5 aliphatic heterocycles. The third kappa shape index (κ3) is 9.39. The second kappa shape index (κ2) is 19.0. The van der Waals surface area contributed by atoms with Crippen molar-refractivity contribution in [1.29, 1.82) is 5.26 Å². The standard InChI is InChI=1S/C49H50F2N10O7S/c50-34-15-18-59(29-34)69(66,67)55-43-10-8-41(51)46(40(43)27-52)68-37-6-9-42-39(26-37)49(65)61(30-53-42)36-4-2-35(3-5-36)58-23-21-57(22-24-58)20-19-56-16-13-31(14-17-56)32-1-7-38-33(25-32)28-60(48(38)64)44-11-12-45(62)54-47(44)63/h1-10,25-26,30-31,34,44,55H,11-24,28-29H2,(H,54,62,63). The number of likely N-dealkylation sites (tertiary alicyclic amines) is 1. The van der Waals surface area contributed by atoms with Gasteiger partial charge < -0.3 is 19.4 Å². The first-order chi connectivity index (χ1) is 33.3. The first-order valence-corrected chi connectivity index (χ1v) is 24.7. The minimum absolute atomic E-state index is 0.0171. The zero-order valence-corrected chi connectivity index (χ0v) is 38.5. The van der Waals surface area contributed by atoms with Crippen LogP contribution in [0.1, 0.15) is 65.1 Å². The summed E-state index contributed by atoms with van der Waals surface area (Å²) in [5, 5.41) is 12.5. The SMILES string of the molecule is N#Cc1c(NS(=O)(=O)N2CCC(F)C2)ccc(F)c1Oc1ccc2ncn(-c3ccc(N4CCN(CCN5CCC(c6ccc7c(c6)CN(C6CCC(=O)NC6=O)C7=O)CC5)CC4)cc3)c(=O)c2c1. The Morgan fingerprint density at radius 3 is 2.29 bits per heavy atom. The Hall–Kier alpha value is -6.79. The maximum absolute atomic E-state index is 15.2. The highest BCUT2D eigenvalue weighted by Crippen LogP contribution is 2.36. The lowest BCUT2D eigenvalue weighted by molar-refractivity contribution is -0.136. The van der Waals surface area contributed by atoms with Crippen molar-refractivity contribution in [2.45, 2.75) is 56.8 Å². The summed E-state index contributed by atoms with van der Waals surface area (Å²) < 4.78 is 65.2. The Labute approximate surface area is 397 Å². The highest BCUT2D eigenvalue weighted by molar-refractivity contribution is 7.90. The van der Waals surface area contributed by atoms with Crippen molar-refractivity contribution in [3.8, 4) is 23.3 Å². The minimum Gasteiger partial charge on any atom is -0.453 e. The fourth-order valence-electron chi connectivity index (χ4n) is 10.1. The summed E-state index contributed by atoms with van der Waals surface area (Å²) >= 11 is 0. The summed E-state index contributed by atoms with van der Waals surface area (Å²) in [6, 6.07) is 21.4. The van der Waals surface area contributed by atoms with E-state index < -0.39 is 51.0 Å². The minimum atomic E-state index is -4.24. The Bertz CT molecular complexity index is 3060. The van der Waals surface area contributed by atoms with Crippen molar-refractivity contribution < 1.29 is 36.3 Å². The lowest BCUT2D eigenvalue weighted by Crippen LogP contribution is -2.52. The fraction of sp³-hybridized carbons (Fsp3) is 0.388. The van der Waals surface area contributed by atoms with E-state index in [0.29, 0.717) is 35.7 Å². The van der Waals surface area contributed by atoms with Crippen LogP contribution >= 0.6 is 0 Å². The number of piperidine rings is 2. The average molecular weight is 961 g/mol. The molecule has 4 aromatic carbocycles. The third-order valence-electron chi connectivity index (χ3n) is 14.0. The van der Waals surface area contributed by atoms with Crippen molar-refractivity contribution in [1.82, 2.24) is 33.9 Å². The monoisotopic (exact) mass is 960 g/mol. The van der Waals surface area contributed by atoms with Gasteiger partial charge in [-0.05, 0) is 116 Å². The molecule has 0 saturated carbocycles. The van der Waals surface area contributed by atoms with Crippen molar-refractivity contribution in [2.75, 3.05) is 75.1 Å². The number of nitriles is 1. The fourth-order valence-corrected chi connectivity index (χ4v) is 11.4. The number of benzene rings is 4. The molecule has 5 aliphatic rings. The van der Waals surface area contributed by atoms with Crippen LogP contribution in [0, 0.1) is 17.1 Å². The summed E-state index contributed by atoms with van der Waals surface area (Å²) in [5.74, 6) is -1.89. The molecule has 1 aromatic heterocycles. The molecule has 6 heterocycles. The van der Waals surface area contributed by atoms with Crippen molar-refractivity contribution in [3.05, 3.63) is 118 Å². The molecule has 4 saturated heterocycles. The number of aromatic nitrogens is 2. The van der Waals surface area contributed by atoms with E-state index in [1.54, 1.807) is 11.0 Å². The van der Waals surface area contributed by atoms with Crippen LogP contribution < -0.4 is 25.2 Å². The topological polar surface area (TPSA) is 194 Å². The first-order valence-electron chi connectivity index (χ1n) is 23.2. The molecule has 0 bridgehead atoms. The van der Waals surface area contributed by atoms with Crippen molar-refractivity contribution >= 4 is 50.2 Å². The molecular weight excluding hydrogens is 911 g/mol. The van der Waals surface area contributed by atoms with Gasteiger partial charge in [0.15, 0.2) is 11.6 Å². The molecule has 2 atom stereocenters. The van der Waals surface area contributed by atoms with Gasteiger partial charge in [0.05, 0.1) is 22.3 Å². The van der Waals surface area contributed by atoms with E-state index in [9.17, 15) is 37.2 Å². The molecule has 20 heteroatoms. The highest BCUT2D eigenvalue weighted by Gasteiger charge is 2.39. The number of piperazine rings is 1. The van der Waals surface area contributed by atoms with Gasteiger partial charge in [-0.15, -0.1) is 0 Å². The number of hydrogen-bond donors (Lipinski definition) is 2. The smallest absolute Gasteiger partial charge is 0.301 e. The van der Waals surface area contributed by atoms with Gasteiger partial charge in [0.2, 0.25) is 11.8 Å². The van der Waals surface area contributed by atoms with Crippen molar-refractivity contribution in [2.24, 2.45) is 0 Å². The quantitative estimate of drug-likeness (QED) is 0.165. The predicted molar refractivity (Wildman–Crippen MR) is 252 cm³/mol. The zero-order chi connectivity index (χ0) is 48.0. The molecule has 358 valence electrons. The van der Waals surface area contributed by atoms with E-state index in [4.69, 9.17) is 4.74 Å². The number of anilines is 2. The molecule has 2 unspecified atom stereocenters. The molecule has 2 N–H and O–H groups in total. The Balaban J connectivity index is 0.715. The number of halogens is 2. The summed E-state index contributed by atoms with van der Waals surface area (Å²) in [6.07, 6.45) is 2.82. The summed E-state index contributed by atoms with van der Waals surface area (Å²) in [7, 11) is -4.24. The predicted octanol–water partition coefficient (Wildman–Crippen LogP) is 4.65. The van der Waals surface area contributed by atoms with E-state index in [2.05, 4.69) is 41.9 Å². The number of nitrogens with one attached hydrogen (secondary N) is 2. The van der Waals surface area contributed by atoms with E-state index in [1.807, 2.05) is 30.3 Å². The molecular formula is C49H50F2N10O7S. The molecule has 5 aromatic rings. The number of imide groups is 1. The van der Waals surface area contributed by atoms with Crippen molar-refractivity contribution in [3.63, 3.8) is 0 Å². The van der Waals surface area contributed by atoms with Crippen LogP contribution in [0.15, 0.2) is 83.9 Å². The van der Waals surface area contributed by atoms with Gasteiger partial charge in [0.25, 0.3) is 11.5 Å². The van der Waals surface area contributed by atoms with Crippen LogP contribution in [0.4, 0.5) is 20.2 Å². The number of ether oxygens (including phenoxy) is 1. The van der Waals surface area contributed by atoms with Crippen LogP contribution in [0.3, 0.4) is 0 Å². The number of fused-ring (bicyclic) bond motifs is 2. The third-order valence-corrected chi connectivity index (χ3v) is 15.5. The molecule has 4 fully saturated rings. The molecule has 0 radical (unpaired) electrons. The number of hydrogen-bond acceptors (Lipinski definition) is 12. The molecule has 69 heavy (non-hydrogen) atoms. The van der Waals surface area contributed by atoms with Gasteiger partial charge in [0, 0.05) is 76.6 Å². The molecule has 10 rings (SSSR count). The average Bonchev–Trinajstić information content (AvgIpc) is 3.95. The van der Waals surface area contributed by atoms with Gasteiger partial charge in [-0.1, -0.05) is 12.1 Å². The van der Waals surface area contributed by atoms with Crippen LogP contribution in [-0.2, 0) is 26.3 Å². The number of rotatable bonds is 12. The van der Waals surface area contributed by atoms with Crippen LogP contribution in [0.5, 0.6) is 11.5 Å². The van der Waals surface area contributed by atoms with Gasteiger partial charge in [-0.3, -0.25) is 38.7 Å². The lowest BCUT2D eigenvalue weighted by atomic mass is 9.88. The van der Waals surface area contributed by atoms with E-state index in [-0.39, 0.29) is 54.6 Å². The summed E-state index contributed by atoms with van der Waals surface area (Å²) in [6.45, 7) is 7.51. The van der Waals surface area contributed by atoms with E-state index >= 15 is 4.39 Å². The zero-order valence-electron chi connectivity index (χ0n) is 37.7. The molecule has 3 amide bonds. The number of amides is 3. The highest BCUT2D eigenvalue weighted by atomic mass is 32.2. The Kier molecular flexibility index (Phi) is 12.6. The van der Waals surface area contributed by atoms with Crippen LogP contribution in [0.2, 0.25) is 0 Å². The molecule has 17 nitrogen and oxygen atoms in total. The van der Waals surface area contributed by atoms with E-state index in [1.165, 1.54) is 34.7 Å². The lowest BCUT2D eigenvalue weighted by Gasteiger charge is -2.38. The van der Waals surface area contributed by atoms with Crippen LogP contribution in [-0.4, -0.2) is 132 Å². The number of nitrogens with zero attached hydrogens (tertiary/aromatic N) is 8. The maximum Gasteiger partial charge on any atom is 0.301 e. The first kappa shape index (κ1) is 46.0. The second-order valence-corrected chi connectivity index (χ2v) is 19.9. The normalized spacial score (nSPS) is 20.9.